The number of benzene rings is 1. The number of aliphatic imine (C=N–C) groups is 1. The number of hydrogen-bond acceptors (Lipinski definition) is 5. The van der Waals surface area contributed by atoms with E-state index in [1.807, 2.05) is 55.4 Å². The molecule has 0 aliphatic rings. The molecule has 1 aromatic heterocycles. The van der Waals surface area contributed by atoms with Crippen LogP contribution in [-0.4, -0.2) is 51.9 Å². The largest absolute Gasteiger partial charge is 0.489 e. The van der Waals surface area contributed by atoms with Gasteiger partial charge in [0.25, 0.3) is 0 Å². The van der Waals surface area contributed by atoms with E-state index in [2.05, 4.69) is 45.1 Å². The molecule has 0 amide bonds. The second-order valence-electron chi connectivity index (χ2n) is 6.79. The molecule has 1 unspecified atom stereocenters. The molecule has 2 N–H and O–H groups in total. The van der Waals surface area contributed by atoms with Crippen molar-refractivity contribution < 1.29 is 4.74 Å². The number of thioether (sulfide) groups is 1. The minimum Gasteiger partial charge on any atom is -0.489 e. The molecule has 0 aliphatic carbocycles. The van der Waals surface area contributed by atoms with Crippen LogP contribution in [0.5, 0.6) is 5.75 Å². The molecular weight excluding hydrogens is 372 g/mol. The van der Waals surface area contributed by atoms with Gasteiger partial charge in [0.2, 0.25) is 0 Å². The molecule has 2 aromatic rings. The van der Waals surface area contributed by atoms with Crippen molar-refractivity contribution in [3.63, 3.8) is 0 Å². The van der Waals surface area contributed by atoms with Crippen LogP contribution in [0.4, 0.5) is 0 Å². The second-order valence-corrected chi connectivity index (χ2v) is 7.77. The lowest BCUT2D eigenvalue weighted by atomic mass is 10.2. The Morgan fingerprint density at radius 1 is 1.29 bits per heavy atom. The summed E-state index contributed by atoms with van der Waals surface area (Å²) in [7, 11) is 1.96. The van der Waals surface area contributed by atoms with Gasteiger partial charge in [-0.25, -0.2) is 4.99 Å². The van der Waals surface area contributed by atoms with Crippen LogP contribution in [0.1, 0.15) is 30.6 Å². The SMILES string of the molecule is CSCCCNC(=NCc1nnc(C)n1C)NCC(C)Oc1cccc(C)c1. The van der Waals surface area contributed by atoms with Gasteiger partial charge >= 0.3 is 0 Å². The Morgan fingerprint density at radius 3 is 2.79 bits per heavy atom. The Kier molecular flexibility index (Phi) is 9.13. The van der Waals surface area contributed by atoms with Crippen molar-refractivity contribution in [2.75, 3.05) is 25.1 Å². The first-order chi connectivity index (χ1) is 13.5. The van der Waals surface area contributed by atoms with E-state index >= 15 is 0 Å². The highest BCUT2D eigenvalue weighted by molar-refractivity contribution is 7.98. The van der Waals surface area contributed by atoms with Gasteiger partial charge in [0.1, 0.15) is 24.2 Å². The van der Waals surface area contributed by atoms with E-state index in [1.165, 1.54) is 5.56 Å². The minimum absolute atomic E-state index is 0.0112. The molecule has 0 bridgehead atoms. The maximum atomic E-state index is 6.00. The van der Waals surface area contributed by atoms with E-state index in [0.717, 1.165) is 42.1 Å². The number of nitrogens with one attached hydrogen (secondary N) is 2. The van der Waals surface area contributed by atoms with Gasteiger partial charge in [0.15, 0.2) is 11.8 Å². The molecule has 0 fully saturated rings. The van der Waals surface area contributed by atoms with Crippen molar-refractivity contribution in [2.24, 2.45) is 12.0 Å². The number of ether oxygens (including phenoxy) is 1. The normalized spacial score (nSPS) is 12.7. The van der Waals surface area contributed by atoms with Crippen LogP contribution < -0.4 is 15.4 Å². The third kappa shape index (κ3) is 7.42. The number of guanidine groups is 1. The third-order valence-electron chi connectivity index (χ3n) is 4.26. The van der Waals surface area contributed by atoms with Crippen LogP contribution in [0.15, 0.2) is 29.3 Å². The van der Waals surface area contributed by atoms with Crippen LogP contribution >= 0.6 is 11.8 Å². The summed E-state index contributed by atoms with van der Waals surface area (Å²) in [5.41, 5.74) is 1.19. The molecule has 1 aromatic carbocycles. The first kappa shape index (κ1) is 22.1. The first-order valence-corrected chi connectivity index (χ1v) is 11.0. The van der Waals surface area contributed by atoms with Crippen molar-refractivity contribution in [3.05, 3.63) is 41.5 Å². The van der Waals surface area contributed by atoms with Gasteiger partial charge in [-0.1, -0.05) is 12.1 Å². The lowest BCUT2D eigenvalue weighted by Crippen LogP contribution is -2.42. The number of aromatic nitrogens is 3. The van der Waals surface area contributed by atoms with Gasteiger partial charge in [-0.05, 0) is 56.9 Å². The fraction of sp³-hybridized carbons (Fsp3) is 0.550. The van der Waals surface area contributed by atoms with Crippen LogP contribution in [0.2, 0.25) is 0 Å². The van der Waals surface area contributed by atoms with Crippen LogP contribution in [0.3, 0.4) is 0 Å². The molecule has 7 nitrogen and oxygen atoms in total. The summed E-state index contributed by atoms with van der Waals surface area (Å²) in [6.07, 6.45) is 3.21. The molecule has 0 saturated carbocycles. The summed E-state index contributed by atoms with van der Waals surface area (Å²) >= 11 is 1.85. The summed E-state index contributed by atoms with van der Waals surface area (Å²) in [4.78, 5) is 4.67. The van der Waals surface area contributed by atoms with Gasteiger partial charge in [-0.3, -0.25) is 0 Å². The zero-order valence-corrected chi connectivity index (χ0v) is 18.3. The zero-order valence-electron chi connectivity index (χ0n) is 17.5. The van der Waals surface area contributed by atoms with Gasteiger partial charge < -0.3 is 19.9 Å². The number of nitrogens with zero attached hydrogens (tertiary/aromatic N) is 4. The Balaban J connectivity index is 1.92. The molecule has 2 rings (SSSR count). The molecule has 8 heteroatoms. The topological polar surface area (TPSA) is 76.4 Å². The molecule has 0 saturated heterocycles. The second kappa shape index (κ2) is 11.6. The highest BCUT2D eigenvalue weighted by Crippen LogP contribution is 2.13. The number of aryl methyl sites for hydroxylation is 2. The summed E-state index contributed by atoms with van der Waals surface area (Å²) in [5, 5.41) is 15.0. The average Bonchev–Trinajstić information content (AvgIpc) is 2.98. The van der Waals surface area contributed by atoms with E-state index in [0.29, 0.717) is 13.1 Å². The molecule has 0 spiro atoms. The summed E-state index contributed by atoms with van der Waals surface area (Å²) in [5.74, 6) is 4.49. The minimum atomic E-state index is 0.0112. The fourth-order valence-corrected chi connectivity index (χ4v) is 2.97. The lowest BCUT2D eigenvalue weighted by molar-refractivity contribution is 0.223. The van der Waals surface area contributed by atoms with E-state index in [4.69, 9.17) is 4.74 Å². The molecule has 1 heterocycles. The highest BCUT2D eigenvalue weighted by Gasteiger charge is 2.08. The van der Waals surface area contributed by atoms with E-state index in [-0.39, 0.29) is 6.10 Å². The van der Waals surface area contributed by atoms with Crippen LogP contribution in [0.25, 0.3) is 0 Å². The Bertz CT molecular complexity index is 761. The highest BCUT2D eigenvalue weighted by atomic mass is 32.2. The average molecular weight is 405 g/mol. The van der Waals surface area contributed by atoms with Gasteiger partial charge in [-0.2, -0.15) is 11.8 Å². The van der Waals surface area contributed by atoms with Crippen LogP contribution in [-0.2, 0) is 13.6 Å². The maximum Gasteiger partial charge on any atom is 0.191 e. The van der Waals surface area contributed by atoms with Crippen molar-refractivity contribution in [1.82, 2.24) is 25.4 Å². The van der Waals surface area contributed by atoms with Crippen molar-refractivity contribution in [2.45, 2.75) is 39.8 Å². The van der Waals surface area contributed by atoms with Crippen molar-refractivity contribution in [3.8, 4) is 5.75 Å². The summed E-state index contributed by atoms with van der Waals surface area (Å²) in [6.45, 7) is 8.05. The molecule has 28 heavy (non-hydrogen) atoms. The van der Waals surface area contributed by atoms with E-state index in [1.54, 1.807) is 0 Å². The van der Waals surface area contributed by atoms with Gasteiger partial charge in [0.05, 0.1) is 6.54 Å². The smallest absolute Gasteiger partial charge is 0.191 e. The monoisotopic (exact) mass is 404 g/mol. The Labute approximate surface area is 172 Å². The predicted molar refractivity (Wildman–Crippen MR) is 117 cm³/mol. The number of hydrogen-bond donors (Lipinski definition) is 2. The quantitative estimate of drug-likeness (QED) is 0.360. The third-order valence-corrected chi connectivity index (χ3v) is 4.96. The standard InChI is InChI=1S/C20H32N6OS/c1-15-8-6-9-18(12-15)27-16(2)13-22-20(21-10-7-11-28-5)23-14-19-25-24-17(3)26(19)4/h6,8-9,12,16H,7,10-11,13-14H2,1-5H3,(H2,21,22,23). The van der Waals surface area contributed by atoms with E-state index in [9.17, 15) is 0 Å². The number of rotatable bonds is 10. The van der Waals surface area contributed by atoms with Gasteiger partial charge in [0, 0.05) is 13.6 Å². The predicted octanol–water partition coefficient (Wildman–Crippen LogP) is 2.69. The molecular formula is C20H32N6OS. The fourth-order valence-electron chi connectivity index (χ4n) is 2.54. The Hall–Kier alpha value is -2.22. The molecule has 1 atom stereocenters. The molecule has 0 aliphatic heterocycles. The van der Waals surface area contributed by atoms with E-state index < -0.39 is 0 Å². The maximum absolute atomic E-state index is 6.00. The van der Waals surface area contributed by atoms with Crippen LogP contribution in [0, 0.1) is 13.8 Å². The summed E-state index contributed by atoms with van der Waals surface area (Å²) < 4.78 is 7.96. The molecule has 0 radical (unpaired) electrons. The lowest BCUT2D eigenvalue weighted by Gasteiger charge is -2.18. The Morgan fingerprint density at radius 2 is 2.11 bits per heavy atom. The first-order valence-electron chi connectivity index (χ1n) is 9.59. The zero-order chi connectivity index (χ0) is 20.4. The molecule has 154 valence electrons. The summed E-state index contributed by atoms with van der Waals surface area (Å²) in [6, 6.07) is 8.10. The van der Waals surface area contributed by atoms with Gasteiger partial charge in [-0.15, -0.1) is 10.2 Å². The van der Waals surface area contributed by atoms with Crippen molar-refractivity contribution >= 4 is 17.7 Å². The van der Waals surface area contributed by atoms with Crippen molar-refractivity contribution in [1.29, 1.82) is 0 Å².